The molecule has 1 saturated heterocycles. The van der Waals surface area contributed by atoms with E-state index in [0.29, 0.717) is 24.5 Å². The molecule has 0 saturated carbocycles. The first-order chi connectivity index (χ1) is 17.4. The number of carbonyl (C=O) groups is 1. The van der Waals surface area contributed by atoms with Crippen LogP contribution >= 0.6 is 0 Å². The van der Waals surface area contributed by atoms with Crippen molar-refractivity contribution in [2.45, 2.75) is 32.4 Å². The molecule has 1 unspecified atom stereocenters. The summed E-state index contributed by atoms with van der Waals surface area (Å²) in [6, 6.07) is 15.9. The molecule has 0 spiro atoms. The smallest absolute Gasteiger partial charge is 0.260 e. The number of aliphatic hydroxyl groups excluding tert-OH is 1. The van der Waals surface area contributed by atoms with Gasteiger partial charge in [-0.2, -0.15) is 0 Å². The third kappa shape index (κ3) is 4.38. The van der Waals surface area contributed by atoms with E-state index in [9.17, 15) is 9.90 Å². The highest BCUT2D eigenvalue weighted by Gasteiger charge is 2.28. The Morgan fingerprint density at radius 3 is 2.67 bits per heavy atom. The molecule has 0 radical (unpaired) electrons. The first kappa shape index (κ1) is 24.1. The van der Waals surface area contributed by atoms with E-state index >= 15 is 0 Å². The Morgan fingerprint density at radius 2 is 1.92 bits per heavy atom. The maximum atomic E-state index is 13.1. The molecule has 8 nitrogen and oxygen atoms in total. The molecule has 1 fully saturated rings. The number of aliphatic hydroxyl groups is 1. The lowest BCUT2D eigenvalue weighted by atomic mass is 10.1. The fourth-order valence-corrected chi connectivity index (χ4v) is 5.05. The summed E-state index contributed by atoms with van der Waals surface area (Å²) in [5.41, 5.74) is 5.09. The Bertz CT molecular complexity index is 1280. The predicted molar refractivity (Wildman–Crippen MR) is 143 cm³/mol. The van der Waals surface area contributed by atoms with Crippen LogP contribution in [0.5, 0.6) is 5.75 Å². The van der Waals surface area contributed by atoms with Crippen LogP contribution in [0.3, 0.4) is 0 Å². The lowest BCUT2D eigenvalue weighted by Gasteiger charge is -2.25. The second-order valence-corrected chi connectivity index (χ2v) is 9.43. The summed E-state index contributed by atoms with van der Waals surface area (Å²) in [7, 11) is 3.74. The Kier molecular flexibility index (Phi) is 6.55. The number of hydrogen-bond acceptors (Lipinski definition) is 7. The van der Waals surface area contributed by atoms with Crippen LogP contribution in [0.2, 0.25) is 0 Å². The van der Waals surface area contributed by atoms with Crippen LogP contribution in [0, 0.1) is 0 Å². The molecule has 8 heteroatoms. The molecular formula is C28H33N5O3. The van der Waals surface area contributed by atoms with E-state index in [1.54, 1.807) is 18.1 Å². The Balaban J connectivity index is 1.46. The minimum Gasteiger partial charge on any atom is -0.492 e. The summed E-state index contributed by atoms with van der Waals surface area (Å²) in [5, 5.41) is 13.4. The highest BCUT2D eigenvalue weighted by Crippen LogP contribution is 2.41. The number of nitrogens with zero attached hydrogens (tertiary/aromatic N) is 4. The van der Waals surface area contributed by atoms with Crippen molar-refractivity contribution in [3.8, 4) is 5.75 Å². The largest absolute Gasteiger partial charge is 0.492 e. The third-order valence-electron chi connectivity index (χ3n) is 7.18. The molecule has 2 aromatic carbocycles. The van der Waals surface area contributed by atoms with Crippen molar-refractivity contribution in [1.29, 1.82) is 0 Å². The van der Waals surface area contributed by atoms with Crippen molar-refractivity contribution in [2.24, 2.45) is 0 Å². The van der Waals surface area contributed by atoms with Gasteiger partial charge in [-0.05, 0) is 50.1 Å². The number of hydrogen-bond donors (Lipinski definition) is 2. The first-order valence-corrected chi connectivity index (χ1v) is 12.4. The molecule has 1 amide bonds. The van der Waals surface area contributed by atoms with Gasteiger partial charge < -0.3 is 25.0 Å². The van der Waals surface area contributed by atoms with Crippen molar-refractivity contribution in [1.82, 2.24) is 9.88 Å². The van der Waals surface area contributed by atoms with E-state index in [0.717, 1.165) is 47.0 Å². The lowest BCUT2D eigenvalue weighted by molar-refractivity contribution is 0.0994. The van der Waals surface area contributed by atoms with Gasteiger partial charge in [0.25, 0.3) is 5.91 Å². The zero-order valence-corrected chi connectivity index (χ0v) is 21.2. The van der Waals surface area contributed by atoms with Gasteiger partial charge in [-0.1, -0.05) is 18.2 Å². The fraction of sp³-hybridized carbons (Fsp3) is 0.357. The molecule has 188 valence electrons. The maximum absolute atomic E-state index is 13.1. The van der Waals surface area contributed by atoms with Gasteiger partial charge >= 0.3 is 0 Å². The average molecular weight is 488 g/mol. The summed E-state index contributed by atoms with van der Waals surface area (Å²) in [5.74, 6) is 1.35. The Morgan fingerprint density at radius 1 is 1.11 bits per heavy atom. The van der Waals surface area contributed by atoms with Crippen molar-refractivity contribution < 1.29 is 14.6 Å². The van der Waals surface area contributed by atoms with E-state index in [1.165, 1.54) is 0 Å². The number of anilines is 5. The van der Waals surface area contributed by atoms with Crippen LogP contribution in [0.15, 0.2) is 54.7 Å². The number of β-amino-alcohol motifs (C(OH)–C–C–N with tert-alkyl or cyclic N) is 1. The summed E-state index contributed by atoms with van der Waals surface area (Å²) >= 11 is 0. The van der Waals surface area contributed by atoms with Crippen LogP contribution < -0.4 is 19.9 Å². The van der Waals surface area contributed by atoms with Gasteiger partial charge in [-0.3, -0.25) is 9.69 Å². The molecule has 2 aliphatic rings. The maximum Gasteiger partial charge on any atom is 0.260 e. The first-order valence-electron chi connectivity index (χ1n) is 12.4. The number of benzene rings is 2. The van der Waals surface area contributed by atoms with Gasteiger partial charge in [0.05, 0.1) is 47.2 Å². The Labute approximate surface area is 212 Å². The van der Waals surface area contributed by atoms with E-state index in [4.69, 9.17) is 4.74 Å². The number of amides is 1. The van der Waals surface area contributed by atoms with E-state index in [2.05, 4.69) is 34.3 Å². The zero-order valence-electron chi connectivity index (χ0n) is 21.2. The predicted octanol–water partition coefficient (Wildman–Crippen LogP) is 4.71. The van der Waals surface area contributed by atoms with Crippen molar-refractivity contribution in [2.75, 3.05) is 48.9 Å². The molecule has 2 aliphatic heterocycles. The van der Waals surface area contributed by atoms with Gasteiger partial charge in [0.1, 0.15) is 11.6 Å². The fourth-order valence-electron chi connectivity index (χ4n) is 5.05. The quantitative estimate of drug-likeness (QED) is 0.521. The van der Waals surface area contributed by atoms with E-state index < -0.39 is 0 Å². The van der Waals surface area contributed by atoms with Crippen LogP contribution in [0.1, 0.15) is 42.2 Å². The van der Waals surface area contributed by atoms with Gasteiger partial charge in [-0.15, -0.1) is 0 Å². The third-order valence-corrected chi connectivity index (χ3v) is 7.18. The summed E-state index contributed by atoms with van der Waals surface area (Å²) in [4.78, 5) is 23.6. The molecule has 0 aliphatic carbocycles. The van der Waals surface area contributed by atoms with Crippen LogP contribution in [0.4, 0.5) is 28.6 Å². The average Bonchev–Trinajstić information content (AvgIpc) is 3.31. The Hall–Kier alpha value is -3.62. The number of ether oxygens (including phenoxy) is 1. The molecule has 5 rings (SSSR count). The second kappa shape index (κ2) is 9.79. The molecule has 2 atom stereocenters. The number of rotatable bonds is 6. The summed E-state index contributed by atoms with van der Waals surface area (Å²) in [6.45, 7) is 6.25. The molecule has 0 bridgehead atoms. The van der Waals surface area contributed by atoms with Gasteiger partial charge in [-0.25, -0.2) is 4.98 Å². The number of pyridine rings is 1. The van der Waals surface area contributed by atoms with Crippen LogP contribution in [-0.4, -0.2) is 60.8 Å². The molecule has 2 N–H and O–H groups in total. The van der Waals surface area contributed by atoms with Crippen molar-refractivity contribution in [3.05, 3.63) is 65.9 Å². The number of aromatic nitrogens is 1. The van der Waals surface area contributed by atoms with Crippen LogP contribution in [-0.2, 0) is 0 Å². The van der Waals surface area contributed by atoms with E-state index in [1.807, 2.05) is 55.3 Å². The van der Waals surface area contributed by atoms with Crippen molar-refractivity contribution in [3.63, 3.8) is 0 Å². The highest BCUT2D eigenvalue weighted by molar-refractivity contribution is 6.13. The summed E-state index contributed by atoms with van der Waals surface area (Å²) < 4.78 is 5.99. The SMILES string of the molecule is CCOc1cc(C(C)N2CC[C@@H](O)C2)ccc1Nc1cc2c(cn1)N(C)C(=O)c1ccccc1N2C. The summed E-state index contributed by atoms with van der Waals surface area (Å²) in [6.07, 6.45) is 2.29. The minimum atomic E-state index is -0.251. The molecular weight excluding hydrogens is 454 g/mol. The molecule has 3 heterocycles. The highest BCUT2D eigenvalue weighted by atomic mass is 16.5. The standard InChI is InChI=1S/C28H33N5O3/c1-5-36-26-14-19(18(2)33-13-12-20(34)17-33)10-11-22(26)30-27-15-24-25(16-29-27)32(4)28(35)21-8-6-7-9-23(21)31(24)3/h6-11,14-16,18,20,34H,5,12-13,17H2,1-4H3,(H,29,30)/t18?,20-/m1/s1. The van der Waals surface area contributed by atoms with Gasteiger partial charge in [0.15, 0.2) is 0 Å². The van der Waals surface area contributed by atoms with Gasteiger partial charge in [0.2, 0.25) is 0 Å². The number of fused-ring (bicyclic) bond motifs is 2. The van der Waals surface area contributed by atoms with Crippen LogP contribution in [0.25, 0.3) is 0 Å². The number of carbonyl (C=O) groups excluding carboxylic acids is 1. The topological polar surface area (TPSA) is 81.2 Å². The minimum absolute atomic E-state index is 0.0624. The second-order valence-electron chi connectivity index (χ2n) is 9.43. The van der Waals surface area contributed by atoms with Gasteiger partial charge in [0, 0.05) is 39.3 Å². The monoisotopic (exact) mass is 487 g/mol. The molecule has 36 heavy (non-hydrogen) atoms. The van der Waals surface area contributed by atoms with Crippen molar-refractivity contribution >= 4 is 34.5 Å². The molecule has 3 aromatic rings. The number of likely N-dealkylation sites (tertiary alicyclic amines) is 1. The van der Waals surface area contributed by atoms with E-state index in [-0.39, 0.29) is 18.1 Å². The number of para-hydroxylation sites is 1. The lowest BCUT2D eigenvalue weighted by Crippen LogP contribution is -2.25. The number of nitrogens with one attached hydrogen (secondary N) is 1. The zero-order chi connectivity index (χ0) is 25.4. The normalized spacial score (nSPS) is 18.5. The molecule has 1 aromatic heterocycles.